The number of ether oxygens (including phenoxy) is 2. The molecule has 2 heterocycles. The van der Waals surface area contributed by atoms with E-state index in [2.05, 4.69) is 23.9 Å². The van der Waals surface area contributed by atoms with Crippen LogP contribution in [0.15, 0.2) is 28.8 Å². The highest BCUT2D eigenvalue weighted by atomic mass is 16.5. The Morgan fingerprint density at radius 3 is 2.42 bits per heavy atom. The zero-order valence-corrected chi connectivity index (χ0v) is 15.8. The summed E-state index contributed by atoms with van der Waals surface area (Å²) in [5, 5.41) is 3.86. The van der Waals surface area contributed by atoms with Gasteiger partial charge in [0.1, 0.15) is 12.4 Å². The molecule has 1 aromatic carbocycles. The summed E-state index contributed by atoms with van der Waals surface area (Å²) < 4.78 is 16.2. The Balaban J connectivity index is 1.56. The number of esters is 1. The van der Waals surface area contributed by atoms with Gasteiger partial charge in [0.15, 0.2) is 0 Å². The zero-order valence-electron chi connectivity index (χ0n) is 15.8. The summed E-state index contributed by atoms with van der Waals surface area (Å²) in [6, 6.07) is 7.60. The Morgan fingerprint density at radius 2 is 1.85 bits per heavy atom. The van der Waals surface area contributed by atoms with Crippen LogP contribution in [0.2, 0.25) is 0 Å². The van der Waals surface area contributed by atoms with Crippen molar-refractivity contribution in [1.82, 2.24) is 10.1 Å². The minimum Gasteiger partial charge on any atom is -0.457 e. The Labute approximate surface area is 154 Å². The van der Waals surface area contributed by atoms with Crippen LogP contribution >= 0.6 is 0 Å². The molecule has 1 aliphatic rings. The number of carbonyl (C=O) groups excluding carboxylic acids is 1. The molecule has 140 valence electrons. The smallest absolute Gasteiger partial charge is 0.338 e. The third kappa shape index (κ3) is 4.51. The lowest BCUT2D eigenvalue weighted by Gasteiger charge is -2.35. The fraction of sp³-hybridized carbons (Fsp3) is 0.500. The molecule has 0 radical (unpaired) electrons. The summed E-state index contributed by atoms with van der Waals surface area (Å²) in [4.78, 5) is 14.6. The van der Waals surface area contributed by atoms with Crippen molar-refractivity contribution in [3.05, 3.63) is 52.4 Å². The summed E-state index contributed by atoms with van der Waals surface area (Å²) in [5.41, 5.74) is 3.29. The second kappa shape index (κ2) is 8.01. The first kappa shape index (κ1) is 18.6. The maximum absolute atomic E-state index is 12.2. The number of hydrogen-bond donors (Lipinski definition) is 0. The Hall–Kier alpha value is -2.18. The summed E-state index contributed by atoms with van der Waals surface area (Å²) >= 11 is 0. The molecule has 0 bridgehead atoms. The fourth-order valence-corrected chi connectivity index (χ4v) is 3.35. The summed E-state index contributed by atoms with van der Waals surface area (Å²) in [7, 11) is 0. The molecule has 26 heavy (non-hydrogen) atoms. The molecule has 0 unspecified atom stereocenters. The van der Waals surface area contributed by atoms with Gasteiger partial charge in [0.05, 0.1) is 29.0 Å². The van der Waals surface area contributed by atoms with Crippen LogP contribution in [0.4, 0.5) is 0 Å². The van der Waals surface area contributed by atoms with Crippen molar-refractivity contribution < 1.29 is 18.8 Å². The van der Waals surface area contributed by atoms with E-state index in [1.165, 1.54) is 5.56 Å². The van der Waals surface area contributed by atoms with Gasteiger partial charge in [-0.15, -0.1) is 0 Å². The molecule has 6 nitrogen and oxygen atoms in total. The molecule has 0 aliphatic carbocycles. The molecule has 6 heteroatoms. The highest BCUT2D eigenvalue weighted by Gasteiger charge is 2.22. The minimum absolute atomic E-state index is 0.172. The van der Waals surface area contributed by atoms with E-state index in [-0.39, 0.29) is 24.8 Å². The first-order valence-corrected chi connectivity index (χ1v) is 8.98. The molecule has 1 fully saturated rings. The first-order valence-electron chi connectivity index (χ1n) is 8.98. The summed E-state index contributed by atoms with van der Waals surface area (Å²) in [6.45, 7) is 10.7. The van der Waals surface area contributed by atoms with Gasteiger partial charge in [0.25, 0.3) is 0 Å². The van der Waals surface area contributed by atoms with Gasteiger partial charge in [-0.05, 0) is 45.4 Å². The van der Waals surface area contributed by atoms with Crippen molar-refractivity contribution in [3.63, 3.8) is 0 Å². The normalized spacial score (nSPS) is 20.9. The number of benzene rings is 1. The quantitative estimate of drug-likeness (QED) is 0.765. The van der Waals surface area contributed by atoms with E-state index in [9.17, 15) is 4.79 Å². The van der Waals surface area contributed by atoms with Crippen molar-refractivity contribution >= 4 is 5.97 Å². The number of aromatic nitrogens is 1. The maximum Gasteiger partial charge on any atom is 0.338 e. The highest BCUT2D eigenvalue weighted by Crippen LogP contribution is 2.17. The van der Waals surface area contributed by atoms with Gasteiger partial charge in [0.2, 0.25) is 0 Å². The van der Waals surface area contributed by atoms with Gasteiger partial charge in [-0.2, -0.15) is 0 Å². The highest BCUT2D eigenvalue weighted by molar-refractivity contribution is 5.89. The van der Waals surface area contributed by atoms with Gasteiger partial charge in [-0.3, -0.25) is 4.90 Å². The lowest BCUT2D eigenvalue weighted by Crippen LogP contribution is -2.44. The van der Waals surface area contributed by atoms with Crippen LogP contribution in [0, 0.1) is 13.8 Å². The molecule has 2 aromatic rings. The van der Waals surface area contributed by atoms with E-state index in [0.717, 1.165) is 30.9 Å². The van der Waals surface area contributed by atoms with Crippen LogP contribution in [-0.4, -0.2) is 41.3 Å². The van der Waals surface area contributed by atoms with Crippen LogP contribution in [0.1, 0.15) is 46.8 Å². The van der Waals surface area contributed by atoms with E-state index >= 15 is 0 Å². The molecule has 2 atom stereocenters. The van der Waals surface area contributed by atoms with E-state index in [4.69, 9.17) is 14.0 Å². The van der Waals surface area contributed by atoms with Crippen LogP contribution in [-0.2, 0) is 22.6 Å². The molecule has 1 saturated heterocycles. The van der Waals surface area contributed by atoms with Crippen molar-refractivity contribution in [2.45, 2.75) is 53.1 Å². The van der Waals surface area contributed by atoms with Gasteiger partial charge in [-0.25, -0.2) is 4.79 Å². The molecule has 0 N–H and O–H groups in total. The molecule has 0 saturated carbocycles. The standard InChI is InChI=1S/C20H26N2O4/c1-13-9-22(10-14(2)25-13)11-17-5-7-18(8-6-17)20(23)24-12-19-15(3)21-26-16(19)4/h5-8,13-14H,9-12H2,1-4H3/t13-,14+. The van der Waals surface area contributed by atoms with Crippen molar-refractivity contribution in [3.8, 4) is 0 Å². The summed E-state index contributed by atoms with van der Waals surface area (Å²) in [6.07, 6.45) is 0.495. The van der Waals surface area contributed by atoms with Crippen molar-refractivity contribution in [2.24, 2.45) is 0 Å². The molecular weight excluding hydrogens is 332 g/mol. The SMILES string of the molecule is Cc1noc(C)c1COC(=O)c1ccc(CN2C[C@@H](C)O[C@@H](C)C2)cc1. The van der Waals surface area contributed by atoms with Crippen molar-refractivity contribution in [1.29, 1.82) is 0 Å². The van der Waals surface area contributed by atoms with Crippen LogP contribution in [0.3, 0.4) is 0 Å². The second-order valence-electron chi connectivity index (χ2n) is 7.03. The topological polar surface area (TPSA) is 64.8 Å². The Morgan fingerprint density at radius 1 is 1.19 bits per heavy atom. The largest absolute Gasteiger partial charge is 0.457 e. The Kier molecular flexibility index (Phi) is 5.74. The maximum atomic E-state index is 12.2. The minimum atomic E-state index is -0.342. The van der Waals surface area contributed by atoms with Crippen LogP contribution in [0.25, 0.3) is 0 Å². The van der Waals surface area contributed by atoms with Gasteiger partial charge < -0.3 is 14.0 Å². The van der Waals surface area contributed by atoms with Crippen molar-refractivity contribution in [2.75, 3.05) is 13.1 Å². The third-order valence-electron chi connectivity index (χ3n) is 4.62. The average Bonchev–Trinajstić information content (AvgIpc) is 2.91. The molecule has 3 rings (SSSR count). The van der Waals surface area contributed by atoms with E-state index < -0.39 is 0 Å². The lowest BCUT2D eigenvalue weighted by molar-refractivity contribution is -0.0704. The fourth-order valence-electron chi connectivity index (χ4n) is 3.35. The first-order chi connectivity index (χ1) is 12.4. The second-order valence-corrected chi connectivity index (χ2v) is 7.03. The summed E-state index contributed by atoms with van der Waals surface area (Å²) in [5.74, 6) is 0.338. The van der Waals surface area contributed by atoms with Gasteiger partial charge in [-0.1, -0.05) is 17.3 Å². The number of carbonyl (C=O) groups is 1. The van der Waals surface area contributed by atoms with Crippen LogP contribution < -0.4 is 0 Å². The lowest BCUT2D eigenvalue weighted by atomic mass is 10.1. The van der Waals surface area contributed by atoms with Crippen LogP contribution in [0.5, 0.6) is 0 Å². The zero-order chi connectivity index (χ0) is 18.7. The number of rotatable bonds is 5. The molecule has 1 aromatic heterocycles. The molecule has 0 amide bonds. The number of hydrogen-bond acceptors (Lipinski definition) is 6. The van der Waals surface area contributed by atoms with E-state index in [1.54, 1.807) is 0 Å². The third-order valence-corrected chi connectivity index (χ3v) is 4.62. The van der Waals surface area contributed by atoms with E-state index in [0.29, 0.717) is 11.3 Å². The number of nitrogens with zero attached hydrogens (tertiary/aromatic N) is 2. The monoisotopic (exact) mass is 358 g/mol. The molecular formula is C20H26N2O4. The molecule has 1 aliphatic heterocycles. The number of morpholine rings is 1. The van der Waals surface area contributed by atoms with Gasteiger partial charge in [0, 0.05) is 19.6 Å². The van der Waals surface area contributed by atoms with Gasteiger partial charge >= 0.3 is 5.97 Å². The molecule has 0 spiro atoms. The number of aryl methyl sites for hydroxylation is 2. The predicted octanol–water partition coefficient (Wildman–Crippen LogP) is 3.26. The predicted molar refractivity (Wildman–Crippen MR) is 96.8 cm³/mol. The Bertz CT molecular complexity index is 724. The average molecular weight is 358 g/mol. The van der Waals surface area contributed by atoms with E-state index in [1.807, 2.05) is 38.1 Å².